The zero-order valence-corrected chi connectivity index (χ0v) is 24.7. The molecule has 0 bridgehead atoms. The van der Waals surface area contributed by atoms with E-state index in [2.05, 4.69) is 5.32 Å². The highest BCUT2D eigenvalue weighted by atomic mass is 35.5. The number of nitrogens with zero attached hydrogens (tertiary/aromatic N) is 2. The van der Waals surface area contributed by atoms with Gasteiger partial charge < -0.3 is 10.2 Å². The fourth-order valence-corrected chi connectivity index (χ4v) is 5.37. The maximum atomic E-state index is 14.0. The summed E-state index contributed by atoms with van der Waals surface area (Å²) in [5.41, 5.74) is 1.19. The second kappa shape index (κ2) is 12.9. The van der Waals surface area contributed by atoms with E-state index in [9.17, 15) is 18.0 Å². The molecule has 0 radical (unpaired) electrons. The third kappa shape index (κ3) is 8.98. The van der Waals surface area contributed by atoms with Crippen LogP contribution in [0, 0.1) is 0 Å². The van der Waals surface area contributed by atoms with Crippen LogP contribution in [0.1, 0.15) is 31.9 Å². The van der Waals surface area contributed by atoms with E-state index in [0.717, 1.165) is 16.1 Å². The number of nitrogens with one attached hydrogen (secondary N) is 1. The van der Waals surface area contributed by atoms with E-state index < -0.39 is 34.1 Å². The zero-order chi connectivity index (χ0) is 28.8. The van der Waals surface area contributed by atoms with Gasteiger partial charge in [0.1, 0.15) is 12.6 Å². The summed E-state index contributed by atoms with van der Waals surface area (Å²) in [6.45, 7) is 5.03. The van der Waals surface area contributed by atoms with Crippen LogP contribution in [0.15, 0.2) is 78.9 Å². The Hall–Kier alpha value is -3.07. The number of hydrogen-bond acceptors (Lipinski definition) is 4. The van der Waals surface area contributed by atoms with Gasteiger partial charge in [-0.05, 0) is 56.2 Å². The van der Waals surface area contributed by atoms with Crippen LogP contribution in [0.5, 0.6) is 0 Å². The van der Waals surface area contributed by atoms with Gasteiger partial charge in [0.15, 0.2) is 0 Å². The molecule has 1 atom stereocenters. The molecular weight excluding hydrogens is 557 g/mol. The molecule has 3 aromatic rings. The number of para-hydroxylation sites is 1. The average molecular weight is 591 g/mol. The lowest BCUT2D eigenvalue weighted by molar-refractivity contribution is -0.140. The Morgan fingerprint density at radius 2 is 1.51 bits per heavy atom. The Kier molecular flexibility index (Phi) is 10.0. The minimum absolute atomic E-state index is 0.0315. The van der Waals surface area contributed by atoms with Crippen LogP contribution in [-0.4, -0.2) is 49.5 Å². The van der Waals surface area contributed by atoms with Crippen LogP contribution in [0.4, 0.5) is 5.69 Å². The van der Waals surface area contributed by atoms with Gasteiger partial charge in [-0.25, -0.2) is 8.42 Å². The lowest BCUT2D eigenvalue weighted by Crippen LogP contribution is -2.56. The van der Waals surface area contributed by atoms with Crippen LogP contribution in [-0.2, 0) is 32.6 Å². The Balaban J connectivity index is 2.09. The van der Waals surface area contributed by atoms with E-state index in [4.69, 9.17) is 23.2 Å². The van der Waals surface area contributed by atoms with Crippen molar-refractivity contribution in [2.24, 2.45) is 0 Å². The van der Waals surface area contributed by atoms with E-state index in [0.29, 0.717) is 21.3 Å². The molecule has 0 saturated carbocycles. The van der Waals surface area contributed by atoms with Crippen LogP contribution in [0.2, 0.25) is 10.0 Å². The molecule has 0 aromatic heterocycles. The molecule has 39 heavy (non-hydrogen) atoms. The molecule has 0 aliphatic rings. The summed E-state index contributed by atoms with van der Waals surface area (Å²) < 4.78 is 26.6. The number of amides is 2. The van der Waals surface area contributed by atoms with Crippen molar-refractivity contribution in [3.63, 3.8) is 0 Å². The molecule has 1 N–H and O–H groups in total. The van der Waals surface area contributed by atoms with Crippen molar-refractivity contribution in [2.45, 2.75) is 45.3 Å². The third-order valence-corrected chi connectivity index (χ3v) is 7.58. The molecule has 0 heterocycles. The number of carbonyl (C=O) groups excluding carboxylic acids is 2. The van der Waals surface area contributed by atoms with Gasteiger partial charge in [0.05, 0.1) is 11.9 Å². The molecule has 0 aliphatic heterocycles. The maximum absolute atomic E-state index is 14.0. The van der Waals surface area contributed by atoms with Gasteiger partial charge in [0, 0.05) is 28.5 Å². The van der Waals surface area contributed by atoms with Crippen molar-refractivity contribution in [3.05, 3.63) is 100 Å². The second-order valence-electron chi connectivity index (χ2n) is 10.3. The normalized spacial score (nSPS) is 12.5. The number of carbonyl (C=O) groups is 2. The van der Waals surface area contributed by atoms with Crippen molar-refractivity contribution in [2.75, 3.05) is 17.1 Å². The lowest BCUT2D eigenvalue weighted by Gasteiger charge is -2.35. The van der Waals surface area contributed by atoms with Gasteiger partial charge in [-0.2, -0.15) is 0 Å². The van der Waals surface area contributed by atoms with Crippen LogP contribution in [0.3, 0.4) is 0 Å². The summed E-state index contributed by atoms with van der Waals surface area (Å²) in [5, 5.41) is 3.74. The zero-order valence-electron chi connectivity index (χ0n) is 22.4. The van der Waals surface area contributed by atoms with Crippen molar-refractivity contribution in [3.8, 4) is 0 Å². The molecule has 208 valence electrons. The van der Waals surface area contributed by atoms with Crippen LogP contribution in [0.25, 0.3) is 0 Å². The van der Waals surface area contributed by atoms with Crippen molar-refractivity contribution in [1.82, 2.24) is 10.2 Å². The number of anilines is 1. The molecule has 0 spiro atoms. The summed E-state index contributed by atoms with van der Waals surface area (Å²) in [6, 6.07) is 21.7. The van der Waals surface area contributed by atoms with Crippen molar-refractivity contribution < 1.29 is 18.0 Å². The minimum atomic E-state index is -3.83. The fraction of sp³-hybridized carbons (Fsp3) is 0.310. The van der Waals surface area contributed by atoms with Crippen LogP contribution < -0.4 is 9.62 Å². The molecule has 2 amide bonds. The van der Waals surface area contributed by atoms with Gasteiger partial charge in [0.25, 0.3) is 0 Å². The predicted octanol–water partition coefficient (Wildman–Crippen LogP) is 5.31. The van der Waals surface area contributed by atoms with Crippen molar-refractivity contribution >= 4 is 50.7 Å². The van der Waals surface area contributed by atoms with Crippen molar-refractivity contribution in [1.29, 1.82) is 0 Å². The molecule has 10 heteroatoms. The molecule has 3 rings (SSSR count). The first-order valence-electron chi connectivity index (χ1n) is 12.4. The lowest BCUT2D eigenvalue weighted by atomic mass is 10.0. The van der Waals surface area contributed by atoms with Gasteiger partial charge in [-0.1, -0.05) is 77.8 Å². The number of rotatable bonds is 10. The topological polar surface area (TPSA) is 86.8 Å². The molecule has 0 aliphatic carbocycles. The molecule has 3 aromatic carbocycles. The molecule has 0 saturated heterocycles. The van der Waals surface area contributed by atoms with Gasteiger partial charge in [-0.3, -0.25) is 13.9 Å². The van der Waals surface area contributed by atoms with Crippen LogP contribution >= 0.6 is 23.2 Å². The number of halogens is 2. The quantitative estimate of drug-likeness (QED) is 0.347. The monoisotopic (exact) mass is 589 g/mol. The molecule has 1 unspecified atom stereocenters. The molecule has 0 fully saturated rings. The first-order valence-corrected chi connectivity index (χ1v) is 15.0. The highest BCUT2D eigenvalue weighted by molar-refractivity contribution is 7.92. The predicted molar refractivity (Wildman–Crippen MR) is 157 cm³/mol. The molecule has 7 nitrogen and oxygen atoms in total. The standard InChI is InChI=1S/C29H33Cl2N3O4S/c1-29(2,3)32-28(36)26(17-21-11-7-5-8-12-21)33(19-22-15-16-23(30)18-25(22)31)27(35)20-34(39(4,37)38)24-13-9-6-10-14-24/h5-16,18,26H,17,19-20H2,1-4H3,(H,32,36). The second-order valence-corrected chi connectivity index (χ2v) is 13.1. The number of sulfonamides is 1. The minimum Gasteiger partial charge on any atom is -0.350 e. The van der Waals surface area contributed by atoms with E-state index in [-0.39, 0.29) is 18.9 Å². The van der Waals surface area contributed by atoms with Gasteiger partial charge in [0.2, 0.25) is 21.8 Å². The third-order valence-electron chi connectivity index (χ3n) is 5.85. The highest BCUT2D eigenvalue weighted by Crippen LogP contribution is 2.25. The Labute approximate surface area is 240 Å². The summed E-state index contributed by atoms with van der Waals surface area (Å²) in [7, 11) is -3.83. The van der Waals surface area contributed by atoms with E-state index >= 15 is 0 Å². The largest absolute Gasteiger partial charge is 0.350 e. The first kappa shape index (κ1) is 30.5. The Morgan fingerprint density at radius 3 is 2.05 bits per heavy atom. The summed E-state index contributed by atoms with van der Waals surface area (Å²) in [6.07, 6.45) is 1.26. The number of benzene rings is 3. The summed E-state index contributed by atoms with van der Waals surface area (Å²) in [5.74, 6) is -0.921. The maximum Gasteiger partial charge on any atom is 0.244 e. The van der Waals surface area contributed by atoms with Gasteiger partial charge in [-0.15, -0.1) is 0 Å². The SMILES string of the molecule is CC(C)(C)NC(=O)C(Cc1ccccc1)N(Cc1ccc(Cl)cc1Cl)C(=O)CN(c1ccccc1)S(C)(=O)=O. The fourth-order valence-electron chi connectivity index (χ4n) is 4.05. The summed E-state index contributed by atoms with van der Waals surface area (Å²) >= 11 is 12.6. The number of hydrogen-bond donors (Lipinski definition) is 1. The van der Waals surface area contributed by atoms with E-state index in [1.807, 2.05) is 51.1 Å². The van der Waals surface area contributed by atoms with Gasteiger partial charge >= 0.3 is 0 Å². The first-order chi connectivity index (χ1) is 18.2. The Morgan fingerprint density at radius 1 is 0.923 bits per heavy atom. The molecular formula is C29H33Cl2N3O4S. The van der Waals surface area contributed by atoms with E-state index in [1.54, 1.807) is 48.5 Å². The Bertz CT molecular complexity index is 1400. The summed E-state index contributed by atoms with van der Waals surface area (Å²) in [4.78, 5) is 29.1. The van der Waals surface area contributed by atoms with E-state index in [1.165, 1.54) is 4.90 Å². The highest BCUT2D eigenvalue weighted by Gasteiger charge is 2.34. The average Bonchev–Trinajstić information content (AvgIpc) is 2.85. The smallest absolute Gasteiger partial charge is 0.244 e.